The summed E-state index contributed by atoms with van der Waals surface area (Å²) in [5.74, 6) is -0.507. The van der Waals surface area contributed by atoms with Crippen LogP contribution in [0.1, 0.15) is 43.9 Å². The molecule has 8 heteroatoms. The molecule has 2 rings (SSSR count). The molecule has 0 saturated heterocycles. The molecule has 1 unspecified atom stereocenters. The van der Waals surface area contributed by atoms with Gasteiger partial charge in [-0.1, -0.05) is 6.07 Å². The summed E-state index contributed by atoms with van der Waals surface area (Å²) in [4.78, 5) is 12.1. The Morgan fingerprint density at radius 3 is 2.88 bits per heavy atom. The summed E-state index contributed by atoms with van der Waals surface area (Å²) in [5, 5.41) is 2.90. The molecule has 7 nitrogen and oxygen atoms in total. The first-order valence-corrected chi connectivity index (χ1v) is 10.2. The second-order valence-electron chi connectivity index (χ2n) is 6.53. The molecule has 0 fully saturated rings. The molecule has 1 aliphatic carbocycles. The molecule has 0 spiro atoms. The number of anilines is 1. The number of fused-ring (bicyclic) bond motifs is 1. The zero-order valence-corrected chi connectivity index (χ0v) is 15.6. The van der Waals surface area contributed by atoms with E-state index >= 15 is 0 Å². The van der Waals surface area contributed by atoms with Crippen molar-refractivity contribution in [3.63, 3.8) is 0 Å². The zero-order valence-electron chi connectivity index (χ0n) is 14.7. The van der Waals surface area contributed by atoms with E-state index in [0.717, 1.165) is 30.4 Å². The summed E-state index contributed by atoms with van der Waals surface area (Å²) in [6.07, 6.45) is 2.70. The lowest BCUT2D eigenvalue weighted by atomic mass is 9.87. The maximum atomic E-state index is 12.1. The predicted octanol–water partition coefficient (Wildman–Crippen LogP) is 1.11. The van der Waals surface area contributed by atoms with E-state index in [1.807, 2.05) is 32.0 Å². The summed E-state index contributed by atoms with van der Waals surface area (Å²) in [6, 6.07) is 5.58. The average molecular weight is 369 g/mol. The third kappa shape index (κ3) is 6.30. The van der Waals surface area contributed by atoms with Crippen molar-refractivity contribution in [3.8, 4) is 0 Å². The average Bonchev–Trinajstić information content (AvgIpc) is 2.52. The third-order valence-corrected chi connectivity index (χ3v) is 5.36. The molecule has 4 N–H and O–H groups in total. The Hall–Kier alpha value is -1.64. The van der Waals surface area contributed by atoms with Crippen molar-refractivity contribution in [2.75, 3.05) is 24.6 Å². The molecular formula is C17H27N3O4S. The topological polar surface area (TPSA) is 111 Å². The molecule has 25 heavy (non-hydrogen) atoms. The number of rotatable bonds is 8. The number of hydrogen-bond donors (Lipinski definition) is 3. The van der Waals surface area contributed by atoms with Crippen LogP contribution in [0.5, 0.6) is 0 Å². The van der Waals surface area contributed by atoms with Crippen molar-refractivity contribution in [2.24, 2.45) is 0 Å². The SMILES string of the molecule is CC(C)OCCS(=O)(=O)NCC(=O)NC1CCCc2cc(N)ccc21. The number of aryl methyl sites for hydroxylation is 1. The highest BCUT2D eigenvalue weighted by atomic mass is 32.2. The van der Waals surface area contributed by atoms with Gasteiger partial charge in [-0.25, -0.2) is 13.1 Å². The quantitative estimate of drug-likeness (QED) is 0.595. The number of nitrogens with one attached hydrogen (secondary N) is 2. The van der Waals surface area contributed by atoms with Crippen LogP contribution in [0.4, 0.5) is 5.69 Å². The molecule has 1 aromatic rings. The number of ether oxygens (including phenoxy) is 1. The van der Waals surface area contributed by atoms with E-state index in [2.05, 4.69) is 10.0 Å². The summed E-state index contributed by atoms with van der Waals surface area (Å²) in [5.41, 5.74) is 8.72. The fourth-order valence-electron chi connectivity index (χ4n) is 2.87. The Morgan fingerprint density at radius 1 is 1.40 bits per heavy atom. The van der Waals surface area contributed by atoms with E-state index in [9.17, 15) is 13.2 Å². The molecule has 140 valence electrons. The van der Waals surface area contributed by atoms with Gasteiger partial charge in [0, 0.05) is 5.69 Å². The van der Waals surface area contributed by atoms with Gasteiger partial charge in [-0.15, -0.1) is 0 Å². The van der Waals surface area contributed by atoms with Crippen molar-refractivity contribution in [1.82, 2.24) is 10.0 Å². The molecule has 1 atom stereocenters. The normalized spacial score (nSPS) is 17.3. The highest BCUT2D eigenvalue weighted by molar-refractivity contribution is 7.89. The zero-order chi connectivity index (χ0) is 18.4. The van der Waals surface area contributed by atoms with Gasteiger partial charge in [0.15, 0.2) is 0 Å². The van der Waals surface area contributed by atoms with Crippen molar-refractivity contribution < 1.29 is 17.9 Å². The van der Waals surface area contributed by atoms with Gasteiger partial charge in [0.1, 0.15) is 0 Å². The lowest BCUT2D eigenvalue weighted by Crippen LogP contribution is -2.40. The van der Waals surface area contributed by atoms with Crippen molar-refractivity contribution in [3.05, 3.63) is 29.3 Å². The number of carbonyl (C=O) groups excluding carboxylic acids is 1. The van der Waals surface area contributed by atoms with E-state index in [-0.39, 0.29) is 37.0 Å². The summed E-state index contributed by atoms with van der Waals surface area (Å²) in [7, 11) is -3.53. The van der Waals surface area contributed by atoms with Gasteiger partial charge in [0.05, 0.1) is 31.1 Å². The Bertz CT molecular complexity index is 704. The molecule has 1 amide bonds. The van der Waals surface area contributed by atoms with Gasteiger partial charge in [0.2, 0.25) is 15.9 Å². The first kappa shape index (κ1) is 19.7. The van der Waals surface area contributed by atoms with E-state index in [1.54, 1.807) is 0 Å². The first-order valence-electron chi connectivity index (χ1n) is 8.53. The lowest BCUT2D eigenvalue weighted by Gasteiger charge is -2.26. The van der Waals surface area contributed by atoms with Crippen molar-refractivity contribution >= 4 is 21.6 Å². The van der Waals surface area contributed by atoms with Crippen LogP contribution in [0, 0.1) is 0 Å². The molecule has 0 saturated carbocycles. The van der Waals surface area contributed by atoms with Crippen LogP contribution < -0.4 is 15.8 Å². The standard InChI is InChI=1S/C17H27N3O4S/c1-12(2)24-8-9-25(22,23)19-11-17(21)20-16-5-3-4-13-10-14(18)6-7-15(13)16/h6-7,10,12,16,19H,3-5,8-9,11,18H2,1-2H3,(H,20,21). The molecule has 0 bridgehead atoms. The maximum absolute atomic E-state index is 12.1. The molecule has 1 aromatic carbocycles. The second-order valence-corrected chi connectivity index (χ2v) is 8.46. The van der Waals surface area contributed by atoms with Crippen LogP contribution in [-0.2, 0) is 26.0 Å². The Balaban J connectivity index is 1.85. The number of amides is 1. The highest BCUT2D eigenvalue weighted by Gasteiger charge is 2.22. The smallest absolute Gasteiger partial charge is 0.235 e. The summed E-state index contributed by atoms with van der Waals surface area (Å²) >= 11 is 0. The van der Waals surface area contributed by atoms with Crippen LogP contribution in [0.3, 0.4) is 0 Å². The Kier molecular flexibility index (Phi) is 6.80. The van der Waals surface area contributed by atoms with Crippen molar-refractivity contribution in [1.29, 1.82) is 0 Å². The van der Waals surface area contributed by atoms with Crippen LogP contribution in [0.25, 0.3) is 0 Å². The van der Waals surface area contributed by atoms with Crippen LogP contribution >= 0.6 is 0 Å². The van der Waals surface area contributed by atoms with Gasteiger partial charge in [-0.3, -0.25) is 4.79 Å². The highest BCUT2D eigenvalue weighted by Crippen LogP contribution is 2.30. The largest absolute Gasteiger partial charge is 0.399 e. The van der Waals surface area contributed by atoms with Crippen LogP contribution in [0.2, 0.25) is 0 Å². The van der Waals surface area contributed by atoms with E-state index in [1.165, 1.54) is 0 Å². The third-order valence-electron chi connectivity index (χ3n) is 4.07. The molecule has 0 aliphatic heterocycles. The van der Waals surface area contributed by atoms with Gasteiger partial charge in [-0.05, 0) is 56.4 Å². The van der Waals surface area contributed by atoms with Crippen LogP contribution in [0.15, 0.2) is 18.2 Å². The molecule has 0 aromatic heterocycles. The number of hydrogen-bond acceptors (Lipinski definition) is 5. The molecule has 0 heterocycles. The van der Waals surface area contributed by atoms with E-state index in [4.69, 9.17) is 10.5 Å². The Labute approximate surface area is 149 Å². The summed E-state index contributed by atoms with van der Waals surface area (Å²) < 4.78 is 31.3. The van der Waals surface area contributed by atoms with Crippen molar-refractivity contribution in [2.45, 2.75) is 45.3 Å². The van der Waals surface area contributed by atoms with Gasteiger partial charge < -0.3 is 15.8 Å². The van der Waals surface area contributed by atoms with E-state index < -0.39 is 10.0 Å². The number of sulfonamides is 1. The van der Waals surface area contributed by atoms with Gasteiger partial charge >= 0.3 is 0 Å². The molecule has 1 aliphatic rings. The number of nitrogens with two attached hydrogens (primary N) is 1. The monoisotopic (exact) mass is 369 g/mol. The maximum Gasteiger partial charge on any atom is 0.235 e. The van der Waals surface area contributed by atoms with Gasteiger partial charge in [0.25, 0.3) is 0 Å². The predicted molar refractivity (Wildman–Crippen MR) is 97.6 cm³/mol. The van der Waals surface area contributed by atoms with Gasteiger partial charge in [-0.2, -0.15) is 0 Å². The number of benzene rings is 1. The molecular weight excluding hydrogens is 342 g/mol. The minimum Gasteiger partial charge on any atom is -0.399 e. The fraction of sp³-hybridized carbons (Fsp3) is 0.588. The first-order chi connectivity index (χ1) is 11.8. The number of carbonyl (C=O) groups is 1. The minimum absolute atomic E-state index is 0.0288. The molecule has 0 radical (unpaired) electrons. The lowest BCUT2D eigenvalue weighted by molar-refractivity contribution is -0.120. The fourth-order valence-corrected chi connectivity index (χ4v) is 3.68. The van der Waals surface area contributed by atoms with E-state index in [0.29, 0.717) is 5.69 Å². The van der Waals surface area contributed by atoms with Crippen LogP contribution in [-0.4, -0.2) is 39.3 Å². The number of nitrogen functional groups attached to an aromatic ring is 1. The summed E-state index contributed by atoms with van der Waals surface area (Å²) in [6.45, 7) is 3.50. The second kappa shape index (κ2) is 8.64. The minimum atomic E-state index is -3.53. The Morgan fingerprint density at radius 2 is 2.16 bits per heavy atom.